The molecule has 0 aliphatic carbocycles. The third kappa shape index (κ3) is 5.26. The van der Waals surface area contributed by atoms with Crippen LogP contribution in [0.15, 0.2) is 24.4 Å². The summed E-state index contributed by atoms with van der Waals surface area (Å²) in [6, 6.07) is 6.40. The maximum Gasteiger partial charge on any atom is 0.320 e. The van der Waals surface area contributed by atoms with Gasteiger partial charge in [-0.05, 0) is 50.7 Å². The fourth-order valence-electron chi connectivity index (χ4n) is 4.75. The Labute approximate surface area is 173 Å². The summed E-state index contributed by atoms with van der Waals surface area (Å²) in [7, 11) is 0. The molecule has 0 bridgehead atoms. The number of aromatic nitrogens is 1. The smallest absolute Gasteiger partial charge is 0.320 e. The molecule has 3 aliphatic heterocycles. The Balaban J connectivity index is 1.21. The summed E-state index contributed by atoms with van der Waals surface area (Å²) >= 11 is 0. The van der Waals surface area contributed by atoms with E-state index in [4.69, 9.17) is 0 Å². The van der Waals surface area contributed by atoms with Crippen molar-refractivity contribution in [3.63, 3.8) is 0 Å². The van der Waals surface area contributed by atoms with Gasteiger partial charge in [-0.15, -0.1) is 0 Å². The van der Waals surface area contributed by atoms with Gasteiger partial charge in [0.15, 0.2) is 0 Å². The van der Waals surface area contributed by atoms with Crippen molar-refractivity contribution in [1.29, 1.82) is 0 Å². The molecular weight excluding hydrogens is 366 g/mol. The molecule has 1 aromatic rings. The summed E-state index contributed by atoms with van der Waals surface area (Å²) in [6.07, 6.45) is 7.78. The van der Waals surface area contributed by atoms with E-state index in [0.29, 0.717) is 6.54 Å². The Morgan fingerprint density at radius 2 is 1.72 bits per heavy atom. The fourth-order valence-corrected chi connectivity index (χ4v) is 4.75. The van der Waals surface area contributed by atoms with Crippen LogP contribution in [0, 0.1) is 5.92 Å². The summed E-state index contributed by atoms with van der Waals surface area (Å²) in [6.45, 7) is 5.91. The molecule has 1 atom stereocenters. The molecule has 0 spiro atoms. The van der Waals surface area contributed by atoms with Crippen molar-refractivity contribution in [3.8, 4) is 0 Å². The second-order valence-electron chi connectivity index (χ2n) is 8.64. The summed E-state index contributed by atoms with van der Waals surface area (Å²) in [5, 5.41) is 3.27. The number of piperidine rings is 2. The molecule has 4 rings (SSSR count). The van der Waals surface area contributed by atoms with Crippen LogP contribution in [0.2, 0.25) is 0 Å². The molecule has 7 nitrogen and oxygen atoms in total. The zero-order valence-corrected chi connectivity index (χ0v) is 17.3. The highest BCUT2D eigenvalue weighted by molar-refractivity contribution is 5.81. The third-order valence-corrected chi connectivity index (χ3v) is 6.48. The number of carbonyl (C=O) groups excluding carboxylic acids is 2. The maximum absolute atomic E-state index is 12.8. The van der Waals surface area contributed by atoms with Crippen molar-refractivity contribution in [3.05, 3.63) is 30.1 Å². The number of likely N-dealkylation sites (tertiary alicyclic amines) is 3. The minimum Gasteiger partial charge on any atom is -0.353 e. The van der Waals surface area contributed by atoms with Crippen molar-refractivity contribution in [2.24, 2.45) is 5.92 Å². The third-order valence-electron chi connectivity index (χ3n) is 6.48. The number of urea groups is 1. The number of nitrogens with zero attached hydrogens (tertiary/aromatic N) is 4. The van der Waals surface area contributed by atoms with E-state index in [1.54, 1.807) is 0 Å². The average Bonchev–Trinajstić information content (AvgIpc) is 3.30. The quantitative estimate of drug-likeness (QED) is 0.842. The van der Waals surface area contributed by atoms with Crippen LogP contribution >= 0.6 is 0 Å². The van der Waals surface area contributed by atoms with E-state index >= 15 is 0 Å². The van der Waals surface area contributed by atoms with Gasteiger partial charge in [0.25, 0.3) is 0 Å². The normalized spacial score (nSPS) is 23.9. The minimum atomic E-state index is -0.0677. The van der Waals surface area contributed by atoms with Crippen molar-refractivity contribution in [1.82, 2.24) is 25.0 Å². The Hall–Kier alpha value is -2.15. The van der Waals surface area contributed by atoms with Gasteiger partial charge in [0.1, 0.15) is 0 Å². The maximum atomic E-state index is 12.8. The highest BCUT2D eigenvalue weighted by Gasteiger charge is 2.32. The molecule has 1 aromatic heterocycles. The van der Waals surface area contributed by atoms with Gasteiger partial charge in [-0.2, -0.15) is 0 Å². The van der Waals surface area contributed by atoms with Crippen LogP contribution in [0.4, 0.5) is 4.79 Å². The monoisotopic (exact) mass is 399 g/mol. The molecular formula is C22H33N5O2. The second kappa shape index (κ2) is 9.57. The Kier molecular flexibility index (Phi) is 6.64. The van der Waals surface area contributed by atoms with Gasteiger partial charge in [0.2, 0.25) is 5.91 Å². The van der Waals surface area contributed by atoms with Gasteiger partial charge in [-0.3, -0.25) is 14.7 Å². The van der Waals surface area contributed by atoms with Gasteiger partial charge in [0, 0.05) is 58.1 Å². The first kappa shape index (κ1) is 20.1. The van der Waals surface area contributed by atoms with E-state index in [2.05, 4.69) is 21.3 Å². The number of nitrogens with one attached hydrogen (secondary N) is 1. The summed E-state index contributed by atoms with van der Waals surface area (Å²) in [4.78, 5) is 36.1. The van der Waals surface area contributed by atoms with E-state index in [9.17, 15) is 9.59 Å². The number of amides is 3. The first-order chi connectivity index (χ1) is 14.2. The van der Waals surface area contributed by atoms with Crippen LogP contribution < -0.4 is 5.32 Å². The molecule has 3 amide bonds. The number of hydrogen-bond donors (Lipinski definition) is 1. The first-order valence-electron chi connectivity index (χ1n) is 11.2. The van der Waals surface area contributed by atoms with Gasteiger partial charge in [-0.25, -0.2) is 4.79 Å². The summed E-state index contributed by atoms with van der Waals surface area (Å²) < 4.78 is 0. The lowest BCUT2D eigenvalue weighted by atomic mass is 9.96. The number of rotatable bonds is 4. The first-order valence-corrected chi connectivity index (χ1v) is 11.2. The molecule has 0 aromatic carbocycles. The summed E-state index contributed by atoms with van der Waals surface area (Å²) in [5.41, 5.74) is 1.10. The zero-order valence-electron chi connectivity index (χ0n) is 17.3. The lowest BCUT2D eigenvalue weighted by Gasteiger charge is -2.36. The van der Waals surface area contributed by atoms with Gasteiger partial charge in [-0.1, -0.05) is 6.07 Å². The van der Waals surface area contributed by atoms with Crippen LogP contribution in [0.5, 0.6) is 0 Å². The fraction of sp³-hybridized carbons (Fsp3) is 0.682. The van der Waals surface area contributed by atoms with Crippen LogP contribution in [-0.4, -0.2) is 76.9 Å². The number of hydrogen-bond acceptors (Lipinski definition) is 4. The van der Waals surface area contributed by atoms with Gasteiger partial charge in [0.05, 0.1) is 11.6 Å². The lowest BCUT2D eigenvalue weighted by molar-refractivity contribution is -0.127. The van der Waals surface area contributed by atoms with E-state index < -0.39 is 0 Å². The highest BCUT2D eigenvalue weighted by Crippen LogP contribution is 2.21. The van der Waals surface area contributed by atoms with E-state index in [-0.39, 0.29) is 23.9 Å². The van der Waals surface area contributed by atoms with E-state index in [1.807, 2.05) is 28.1 Å². The molecule has 0 saturated carbocycles. The predicted molar refractivity (Wildman–Crippen MR) is 111 cm³/mol. The molecule has 1 N–H and O–H groups in total. The van der Waals surface area contributed by atoms with Crippen molar-refractivity contribution in [2.45, 2.75) is 51.1 Å². The number of pyridine rings is 1. The Morgan fingerprint density at radius 3 is 2.45 bits per heavy atom. The molecule has 3 fully saturated rings. The van der Waals surface area contributed by atoms with E-state index in [0.717, 1.165) is 83.5 Å². The SMILES string of the molecule is O=C(NC1CCN(Cc2ccccn2)CC1)C1CCCN(C(=O)N2CCCC2)C1. The lowest BCUT2D eigenvalue weighted by Crippen LogP contribution is -2.52. The largest absolute Gasteiger partial charge is 0.353 e. The molecule has 1 unspecified atom stereocenters. The molecule has 29 heavy (non-hydrogen) atoms. The van der Waals surface area contributed by atoms with Gasteiger partial charge >= 0.3 is 6.03 Å². The molecule has 4 heterocycles. The molecule has 158 valence electrons. The van der Waals surface area contributed by atoms with Crippen molar-refractivity contribution < 1.29 is 9.59 Å². The van der Waals surface area contributed by atoms with E-state index in [1.165, 1.54) is 0 Å². The Morgan fingerprint density at radius 1 is 0.966 bits per heavy atom. The predicted octanol–water partition coefficient (Wildman–Crippen LogP) is 2.09. The summed E-state index contributed by atoms with van der Waals surface area (Å²) in [5.74, 6) is 0.0638. The van der Waals surface area contributed by atoms with Crippen LogP contribution in [0.3, 0.4) is 0 Å². The second-order valence-corrected chi connectivity index (χ2v) is 8.64. The van der Waals surface area contributed by atoms with Crippen LogP contribution in [0.1, 0.15) is 44.2 Å². The molecule has 3 saturated heterocycles. The average molecular weight is 400 g/mol. The topological polar surface area (TPSA) is 68.8 Å². The van der Waals surface area contributed by atoms with Crippen molar-refractivity contribution in [2.75, 3.05) is 39.3 Å². The molecule has 3 aliphatic rings. The highest BCUT2D eigenvalue weighted by atomic mass is 16.2. The van der Waals surface area contributed by atoms with Crippen LogP contribution in [-0.2, 0) is 11.3 Å². The minimum absolute atomic E-state index is 0.0677. The van der Waals surface area contributed by atoms with Gasteiger partial charge < -0.3 is 15.1 Å². The number of carbonyl (C=O) groups is 2. The molecule has 0 radical (unpaired) electrons. The van der Waals surface area contributed by atoms with Crippen molar-refractivity contribution >= 4 is 11.9 Å². The van der Waals surface area contributed by atoms with Crippen LogP contribution in [0.25, 0.3) is 0 Å². The molecule has 7 heteroatoms. The Bertz CT molecular complexity index is 684. The standard InChI is InChI=1S/C22H33N5O2/c28-21(18-6-5-13-27(16-18)22(29)26-11-3-4-12-26)24-19-8-14-25(15-9-19)17-20-7-1-2-10-23-20/h1-2,7,10,18-19H,3-6,8-9,11-17H2,(H,24,28). The zero-order chi connectivity index (χ0) is 20.1.